The van der Waals surface area contributed by atoms with E-state index < -0.39 is 11.0 Å². The number of nitrogens with zero attached hydrogens (tertiary/aromatic N) is 2. The summed E-state index contributed by atoms with van der Waals surface area (Å²) in [5.74, 6) is -0.204. The third kappa shape index (κ3) is 5.01. The first kappa shape index (κ1) is 21.7. The van der Waals surface area contributed by atoms with Gasteiger partial charge in [-0.1, -0.05) is 72.8 Å². The summed E-state index contributed by atoms with van der Waals surface area (Å²) in [7, 11) is 0. The average Bonchev–Trinajstić information content (AvgIpc) is 2.84. The van der Waals surface area contributed by atoms with Crippen molar-refractivity contribution in [3.63, 3.8) is 0 Å². The molecule has 1 unspecified atom stereocenters. The van der Waals surface area contributed by atoms with Gasteiger partial charge in [0.25, 0.3) is 5.69 Å². The molecule has 32 heavy (non-hydrogen) atoms. The van der Waals surface area contributed by atoms with E-state index in [4.69, 9.17) is 4.74 Å². The highest BCUT2D eigenvalue weighted by molar-refractivity contribution is 5.84. The second kappa shape index (κ2) is 10.2. The molecule has 1 amide bonds. The Hall–Kier alpha value is -3.55. The number of nitro benzene ring substituents is 1. The lowest BCUT2D eigenvalue weighted by Gasteiger charge is -2.34. The number of hydrogen-bond acceptors (Lipinski definition) is 5. The number of nitro groups is 1. The molecule has 3 aromatic carbocycles. The zero-order valence-electron chi connectivity index (χ0n) is 17.6. The first-order valence-electron chi connectivity index (χ1n) is 10.6. The van der Waals surface area contributed by atoms with Gasteiger partial charge in [0, 0.05) is 25.2 Å². The van der Waals surface area contributed by atoms with Crippen molar-refractivity contribution in [1.82, 2.24) is 10.2 Å². The topological polar surface area (TPSA) is 84.7 Å². The molecule has 0 aliphatic carbocycles. The summed E-state index contributed by atoms with van der Waals surface area (Å²) in [5, 5.41) is 14.5. The van der Waals surface area contributed by atoms with Gasteiger partial charge in [0.05, 0.1) is 24.2 Å². The molecule has 7 nitrogen and oxygen atoms in total. The zero-order valence-corrected chi connectivity index (χ0v) is 17.6. The predicted molar refractivity (Wildman–Crippen MR) is 121 cm³/mol. The Morgan fingerprint density at radius 2 is 1.44 bits per heavy atom. The van der Waals surface area contributed by atoms with Crippen LogP contribution in [0.2, 0.25) is 0 Å². The Balaban J connectivity index is 1.69. The van der Waals surface area contributed by atoms with Crippen molar-refractivity contribution in [2.24, 2.45) is 0 Å². The first-order valence-corrected chi connectivity index (χ1v) is 10.6. The standard InChI is InChI=1S/C25H25N3O4/c29-25(26-23(19-8-3-1-4-9-19)20-10-5-2-6-11-20)24(27-14-16-32-17-15-27)21-12-7-13-22(18-21)28(30)31/h1-13,18,23-24H,14-17H2,(H,26,29). The van der Waals surface area contributed by atoms with Crippen LogP contribution in [0.1, 0.15) is 28.8 Å². The molecule has 7 heteroatoms. The smallest absolute Gasteiger partial charge is 0.269 e. The number of benzene rings is 3. The summed E-state index contributed by atoms with van der Waals surface area (Å²) in [6, 6.07) is 24.9. The molecule has 1 atom stereocenters. The van der Waals surface area contributed by atoms with E-state index in [1.54, 1.807) is 12.1 Å². The largest absolute Gasteiger partial charge is 0.379 e. The van der Waals surface area contributed by atoms with Gasteiger partial charge in [-0.3, -0.25) is 19.8 Å². The van der Waals surface area contributed by atoms with E-state index in [1.165, 1.54) is 12.1 Å². The van der Waals surface area contributed by atoms with Gasteiger partial charge in [0.2, 0.25) is 5.91 Å². The molecule has 0 bridgehead atoms. The number of carbonyl (C=O) groups excluding carboxylic acids is 1. The number of carbonyl (C=O) groups is 1. The summed E-state index contributed by atoms with van der Waals surface area (Å²) < 4.78 is 5.47. The Labute approximate surface area is 186 Å². The Bertz CT molecular complexity index is 1010. The molecule has 1 heterocycles. The predicted octanol–water partition coefficient (Wildman–Crippen LogP) is 3.87. The Kier molecular flexibility index (Phi) is 6.89. The molecule has 1 fully saturated rings. The second-order valence-corrected chi connectivity index (χ2v) is 7.67. The molecular weight excluding hydrogens is 406 g/mol. The highest BCUT2D eigenvalue weighted by atomic mass is 16.6. The van der Waals surface area contributed by atoms with E-state index in [1.807, 2.05) is 65.6 Å². The van der Waals surface area contributed by atoms with E-state index in [0.29, 0.717) is 31.9 Å². The van der Waals surface area contributed by atoms with E-state index in [9.17, 15) is 14.9 Å². The maximum atomic E-state index is 13.7. The maximum Gasteiger partial charge on any atom is 0.269 e. The van der Waals surface area contributed by atoms with E-state index in [0.717, 1.165) is 11.1 Å². The molecule has 1 saturated heterocycles. The minimum atomic E-state index is -0.659. The monoisotopic (exact) mass is 431 g/mol. The third-order valence-corrected chi connectivity index (χ3v) is 5.61. The Morgan fingerprint density at radius 1 is 0.875 bits per heavy atom. The van der Waals surface area contributed by atoms with Gasteiger partial charge in [-0.05, 0) is 16.7 Å². The number of non-ortho nitro benzene ring substituents is 1. The van der Waals surface area contributed by atoms with Crippen molar-refractivity contribution in [1.29, 1.82) is 0 Å². The van der Waals surface area contributed by atoms with Gasteiger partial charge in [0.15, 0.2) is 0 Å². The van der Waals surface area contributed by atoms with Crippen molar-refractivity contribution in [2.75, 3.05) is 26.3 Å². The highest BCUT2D eigenvalue weighted by Crippen LogP contribution is 2.28. The van der Waals surface area contributed by atoms with Crippen LogP contribution in [-0.4, -0.2) is 42.0 Å². The number of hydrogen-bond donors (Lipinski definition) is 1. The van der Waals surface area contributed by atoms with Crippen LogP contribution in [0.5, 0.6) is 0 Å². The van der Waals surface area contributed by atoms with Crippen LogP contribution < -0.4 is 5.32 Å². The van der Waals surface area contributed by atoms with Crippen LogP contribution in [0.4, 0.5) is 5.69 Å². The summed E-state index contributed by atoms with van der Waals surface area (Å²) in [6.07, 6.45) is 0. The van der Waals surface area contributed by atoms with E-state index in [2.05, 4.69) is 5.32 Å². The van der Waals surface area contributed by atoms with Crippen molar-refractivity contribution < 1.29 is 14.5 Å². The highest BCUT2D eigenvalue weighted by Gasteiger charge is 2.32. The number of amides is 1. The molecule has 0 aromatic heterocycles. The summed E-state index contributed by atoms with van der Waals surface area (Å²) in [6.45, 7) is 2.17. The molecule has 0 saturated carbocycles. The normalized spacial score (nSPS) is 15.3. The number of morpholine rings is 1. The van der Waals surface area contributed by atoms with E-state index >= 15 is 0 Å². The van der Waals surface area contributed by atoms with Gasteiger partial charge in [-0.25, -0.2) is 0 Å². The van der Waals surface area contributed by atoms with Crippen LogP contribution in [0.15, 0.2) is 84.9 Å². The van der Waals surface area contributed by atoms with Crippen molar-refractivity contribution in [3.05, 3.63) is 112 Å². The third-order valence-electron chi connectivity index (χ3n) is 5.61. The van der Waals surface area contributed by atoms with Crippen LogP contribution in [0, 0.1) is 10.1 Å². The lowest BCUT2D eigenvalue weighted by molar-refractivity contribution is -0.384. The van der Waals surface area contributed by atoms with Crippen molar-refractivity contribution >= 4 is 11.6 Å². The number of nitrogens with one attached hydrogen (secondary N) is 1. The fraction of sp³-hybridized carbons (Fsp3) is 0.240. The van der Waals surface area contributed by atoms with Crippen LogP contribution in [-0.2, 0) is 9.53 Å². The molecule has 1 N–H and O–H groups in total. The molecular formula is C25H25N3O4. The molecule has 4 rings (SSSR count). The number of ether oxygens (including phenoxy) is 1. The van der Waals surface area contributed by atoms with Crippen LogP contribution in [0.3, 0.4) is 0 Å². The van der Waals surface area contributed by atoms with Gasteiger partial charge >= 0.3 is 0 Å². The van der Waals surface area contributed by atoms with Gasteiger partial charge in [-0.2, -0.15) is 0 Å². The molecule has 1 aliphatic rings. The lowest BCUT2D eigenvalue weighted by atomic mass is 9.97. The van der Waals surface area contributed by atoms with Crippen molar-refractivity contribution in [2.45, 2.75) is 12.1 Å². The number of rotatable bonds is 7. The van der Waals surface area contributed by atoms with Gasteiger partial charge < -0.3 is 10.1 Å². The molecule has 0 spiro atoms. The quantitative estimate of drug-likeness (QED) is 0.453. The molecule has 164 valence electrons. The minimum Gasteiger partial charge on any atom is -0.379 e. The van der Waals surface area contributed by atoms with Gasteiger partial charge in [0.1, 0.15) is 6.04 Å². The van der Waals surface area contributed by atoms with E-state index in [-0.39, 0.29) is 17.6 Å². The zero-order chi connectivity index (χ0) is 22.3. The molecule has 1 aliphatic heterocycles. The molecule has 0 radical (unpaired) electrons. The lowest BCUT2D eigenvalue weighted by Crippen LogP contribution is -2.46. The summed E-state index contributed by atoms with van der Waals surface area (Å²) in [5.41, 5.74) is 2.49. The second-order valence-electron chi connectivity index (χ2n) is 7.67. The fourth-order valence-corrected chi connectivity index (χ4v) is 4.04. The fourth-order valence-electron chi connectivity index (χ4n) is 4.04. The van der Waals surface area contributed by atoms with Crippen molar-refractivity contribution in [3.8, 4) is 0 Å². The molecule has 3 aromatic rings. The SMILES string of the molecule is O=C(NC(c1ccccc1)c1ccccc1)C(c1cccc([N+](=O)[O-])c1)N1CCOCC1. The Morgan fingerprint density at radius 3 is 2.00 bits per heavy atom. The minimum absolute atomic E-state index is 0.0313. The van der Waals surface area contributed by atoms with Crippen LogP contribution in [0.25, 0.3) is 0 Å². The maximum absolute atomic E-state index is 13.7. The average molecular weight is 431 g/mol. The first-order chi connectivity index (χ1) is 15.6. The summed E-state index contributed by atoms with van der Waals surface area (Å²) >= 11 is 0. The van der Waals surface area contributed by atoms with Gasteiger partial charge in [-0.15, -0.1) is 0 Å². The summed E-state index contributed by atoms with van der Waals surface area (Å²) in [4.78, 5) is 26.6. The van der Waals surface area contributed by atoms with Crippen LogP contribution >= 0.6 is 0 Å².